The van der Waals surface area contributed by atoms with E-state index in [0.717, 1.165) is 36.1 Å². The molecule has 1 saturated heterocycles. The summed E-state index contributed by atoms with van der Waals surface area (Å²) in [6, 6.07) is 2.07. The highest BCUT2D eigenvalue weighted by molar-refractivity contribution is 5.76. The van der Waals surface area contributed by atoms with E-state index in [2.05, 4.69) is 5.10 Å². The second-order valence-electron chi connectivity index (χ2n) is 4.65. The summed E-state index contributed by atoms with van der Waals surface area (Å²) in [5.74, 6) is -0.261. The van der Waals surface area contributed by atoms with Crippen LogP contribution in [0.2, 0.25) is 0 Å². The molecule has 1 amide bonds. The van der Waals surface area contributed by atoms with E-state index in [9.17, 15) is 19.5 Å². The van der Waals surface area contributed by atoms with Gasteiger partial charge in [-0.25, -0.2) is 4.68 Å². The molecule has 19 heavy (non-hydrogen) atoms. The highest BCUT2D eigenvalue weighted by atomic mass is 16.3. The minimum atomic E-state index is -0.426. The number of carbonyl (C=O) groups is 1. The zero-order valence-electron chi connectivity index (χ0n) is 10.5. The number of amides is 1. The predicted molar refractivity (Wildman–Crippen MR) is 67.8 cm³/mol. The molecule has 0 bridgehead atoms. The number of rotatable bonds is 3. The Morgan fingerprint density at radius 3 is 2.89 bits per heavy atom. The normalized spacial score (nSPS) is 19.4. The molecule has 0 spiro atoms. The molecule has 1 aliphatic heterocycles. The summed E-state index contributed by atoms with van der Waals surface area (Å²) in [5, 5.41) is 11.6. The molecule has 0 saturated carbocycles. The molecule has 1 fully saturated rings. The van der Waals surface area contributed by atoms with Crippen LogP contribution in [0.5, 0.6) is 0 Å². The van der Waals surface area contributed by atoms with Gasteiger partial charge in [-0.15, -0.1) is 0 Å². The fourth-order valence-corrected chi connectivity index (χ4v) is 2.32. The van der Waals surface area contributed by atoms with Crippen LogP contribution >= 0.6 is 0 Å². The molecule has 2 rings (SSSR count). The zero-order chi connectivity index (χ0) is 13.8. The van der Waals surface area contributed by atoms with Crippen molar-refractivity contribution in [1.82, 2.24) is 14.7 Å². The average Bonchev–Trinajstić information content (AvgIpc) is 2.42. The Hall–Kier alpha value is -1.89. The quantitative estimate of drug-likeness (QED) is 0.727. The SMILES string of the molecule is O=C(Cn1[nH]c(=O)ccc1=O)N1CCCCC1CO. The van der Waals surface area contributed by atoms with Gasteiger partial charge in [0.15, 0.2) is 0 Å². The van der Waals surface area contributed by atoms with Crippen LogP contribution in [0.25, 0.3) is 0 Å². The number of hydrogen-bond donors (Lipinski definition) is 2. The van der Waals surface area contributed by atoms with Gasteiger partial charge in [-0.3, -0.25) is 19.5 Å². The number of nitrogens with zero attached hydrogens (tertiary/aromatic N) is 2. The number of aromatic amines is 1. The molecule has 1 aromatic heterocycles. The Labute approximate surface area is 109 Å². The monoisotopic (exact) mass is 267 g/mol. The highest BCUT2D eigenvalue weighted by Crippen LogP contribution is 2.16. The van der Waals surface area contributed by atoms with Gasteiger partial charge >= 0.3 is 0 Å². The van der Waals surface area contributed by atoms with Crippen LogP contribution in [0.4, 0.5) is 0 Å². The zero-order valence-corrected chi connectivity index (χ0v) is 10.5. The Morgan fingerprint density at radius 2 is 2.16 bits per heavy atom. The number of piperidine rings is 1. The lowest BCUT2D eigenvalue weighted by atomic mass is 10.0. The lowest BCUT2D eigenvalue weighted by Gasteiger charge is -2.34. The molecule has 7 heteroatoms. The van der Waals surface area contributed by atoms with Crippen LogP contribution < -0.4 is 11.1 Å². The van der Waals surface area contributed by atoms with Crippen molar-refractivity contribution in [3.05, 3.63) is 32.8 Å². The first-order valence-electron chi connectivity index (χ1n) is 6.32. The summed E-state index contributed by atoms with van der Waals surface area (Å²) in [6.45, 7) is 0.299. The van der Waals surface area contributed by atoms with Gasteiger partial charge in [0.05, 0.1) is 12.6 Å². The van der Waals surface area contributed by atoms with Crippen molar-refractivity contribution in [2.45, 2.75) is 31.8 Å². The Kier molecular flexibility index (Phi) is 4.16. The predicted octanol–water partition coefficient (Wildman–Crippen LogP) is -1.09. The van der Waals surface area contributed by atoms with Crippen molar-refractivity contribution in [3.8, 4) is 0 Å². The third-order valence-corrected chi connectivity index (χ3v) is 3.34. The second-order valence-corrected chi connectivity index (χ2v) is 4.65. The molecule has 1 atom stereocenters. The molecule has 1 unspecified atom stereocenters. The molecule has 2 heterocycles. The van der Waals surface area contributed by atoms with E-state index in [1.165, 1.54) is 0 Å². The van der Waals surface area contributed by atoms with Gasteiger partial charge in [-0.2, -0.15) is 0 Å². The standard InChI is InChI=1S/C12H17N3O4/c16-8-9-3-1-2-6-14(9)12(19)7-15-11(18)5-4-10(17)13-15/h4-5,9,16H,1-3,6-8H2,(H,13,17). The van der Waals surface area contributed by atoms with Crippen LogP contribution in [0, 0.1) is 0 Å². The molecular formula is C12H17N3O4. The van der Waals surface area contributed by atoms with Crippen LogP contribution in [0.3, 0.4) is 0 Å². The van der Waals surface area contributed by atoms with Crippen LogP contribution in [-0.4, -0.2) is 44.9 Å². The van der Waals surface area contributed by atoms with Gasteiger partial charge in [0.2, 0.25) is 5.91 Å². The third-order valence-electron chi connectivity index (χ3n) is 3.34. The van der Waals surface area contributed by atoms with Gasteiger partial charge in [-0.05, 0) is 19.3 Å². The van der Waals surface area contributed by atoms with Gasteiger partial charge in [0.25, 0.3) is 11.1 Å². The van der Waals surface area contributed by atoms with Gasteiger partial charge in [-0.1, -0.05) is 0 Å². The van der Waals surface area contributed by atoms with Crippen LogP contribution in [0.1, 0.15) is 19.3 Å². The maximum Gasteiger partial charge on any atom is 0.265 e. The Morgan fingerprint density at radius 1 is 1.37 bits per heavy atom. The number of aliphatic hydroxyl groups excluding tert-OH is 1. The van der Waals surface area contributed by atoms with Crippen molar-refractivity contribution in [1.29, 1.82) is 0 Å². The molecule has 104 valence electrons. The van der Waals surface area contributed by atoms with Crippen LogP contribution in [-0.2, 0) is 11.3 Å². The fourth-order valence-electron chi connectivity index (χ4n) is 2.32. The molecule has 1 aliphatic rings. The fraction of sp³-hybridized carbons (Fsp3) is 0.583. The van der Waals surface area contributed by atoms with E-state index in [-0.39, 0.29) is 25.1 Å². The summed E-state index contributed by atoms with van der Waals surface area (Å²) in [4.78, 5) is 36.4. The van der Waals surface area contributed by atoms with Crippen molar-refractivity contribution >= 4 is 5.91 Å². The van der Waals surface area contributed by atoms with Gasteiger partial charge in [0.1, 0.15) is 6.54 Å². The summed E-state index contributed by atoms with van der Waals surface area (Å²) in [5.41, 5.74) is -0.852. The van der Waals surface area contributed by atoms with E-state index in [0.29, 0.717) is 6.54 Å². The lowest BCUT2D eigenvalue weighted by molar-refractivity contribution is -0.136. The number of likely N-dealkylation sites (tertiary alicyclic amines) is 1. The van der Waals surface area contributed by atoms with Crippen molar-refractivity contribution in [2.24, 2.45) is 0 Å². The number of aliphatic hydroxyl groups is 1. The summed E-state index contributed by atoms with van der Waals surface area (Å²) in [6.07, 6.45) is 2.64. The van der Waals surface area contributed by atoms with E-state index in [4.69, 9.17) is 0 Å². The minimum absolute atomic E-state index is 0.0774. The molecule has 0 aromatic carbocycles. The first kappa shape index (κ1) is 13.5. The summed E-state index contributed by atoms with van der Waals surface area (Å²) in [7, 11) is 0. The molecule has 7 nitrogen and oxygen atoms in total. The average molecular weight is 267 g/mol. The minimum Gasteiger partial charge on any atom is -0.394 e. The Balaban J connectivity index is 2.13. The van der Waals surface area contributed by atoms with E-state index in [1.54, 1.807) is 4.90 Å². The molecule has 2 N–H and O–H groups in total. The van der Waals surface area contributed by atoms with E-state index >= 15 is 0 Å². The molecule has 1 aromatic rings. The van der Waals surface area contributed by atoms with Crippen LogP contribution in [0.15, 0.2) is 21.7 Å². The number of nitrogens with one attached hydrogen (secondary N) is 1. The number of H-pyrrole nitrogens is 1. The largest absolute Gasteiger partial charge is 0.394 e. The first-order valence-corrected chi connectivity index (χ1v) is 6.32. The van der Waals surface area contributed by atoms with E-state index < -0.39 is 11.1 Å². The topological polar surface area (TPSA) is 95.4 Å². The number of hydrogen-bond acceptors (Lipinski definition) is 4. The third kappa shape index (κ3) is 3.11. The first-order chi connectivity index (χ1) is 9.11. The van der Waals surface area contributed by atoms with E-state index in [1.807, 2.05) is 0 Å². The lowest BCUT2D eigenvalue weighted by Crippen LogP contribution is -2.48. The highest BCUT2D eigenvalue weighted by Gasteiger charge is 2.26. The summed E-state index contributed by atoms with van der Waals surface area (Å²) < 4.78 is 0.994. The summed E-state index contributed by atoms with van der Waals surface area (Å²) >= 11 is 0. The number of aromatic nitrogens is 2. The smallest absolute Gasteiger partial charge is 0.265 e. The van der Waals surface area contributed by atoms with Crippen molar-refractivity contribution in [3.63, 3.8) is 0 Å². The maximum absolute atomic E-state index is 12.1. The van der Waals surface area contributed by atoms with Crippen molar-refractivity contribution in [2.75, 3.05) is 13.2 Å². The van der Waals surface area contributed by atoms with Gasteiger partial charge in [0, 0.05) is 18.7 Å². The second kappa shape index (κ2) is 5.83. The number of carbonyl (C=O) groups excluding carboxylic acids is 1. The van der Waals surface area contributed by atoms with Gasteiger partial charge < -0.3 is 10.0 Å². The molecular weight excluding hydrogens is 250 g/mol. The molecule has 0 radical (unpaired) electrons. The molecule has 0 aliphatic carbocycles. The Bertz CT molecular complexity index is 563. The van der Waals surface area contributed by atoms with Crippen molar-refractivity contribution < 1.29 is 9.90 Å². The maximum atomic E-state index is 12.1.